The first kappa shape index (κ1) is 14.5. The first-order valence-electron chi connectivity index (χ1n) is 6.37. The number of pyridine rings is 1. The van der Waals surface area contributed by atoms with Gasteiger partial charge in [0.05, 0.1) is 0 Å². The summed E-state index contributed by atoms with van der Waals surface area (Å²) in [4.78, 5) is 16.3. The predicted octanol–water partition coefficient (Wildman–Crippen LogP) is 3.70. The molecular formula is C15H16BrN3O. The van der Waals surface area contributed by atoms with Crippen molar-refractivity contribution < 1.29 is 4.79 Å². The Hall–Kier alpha value is -1.88. The van der Waals surface area contributed by atoms with Crippen molar-refractivity contribution in [2.75, 3.05) is 17.7 Å². The molecule has 0 saturated carbocycles. The summed E-state index contributed by atoms with van der Waals surface area (Å²) < 4.78 is 1.00. The molecule has 0 fully saturated rings. The molecular weight excluding hydrogens is 318 g/mol. The average molecular weight is 334 g/mol. The second kappa shape index (κ2) is 6.52. The highest BCUT2D eigenvalue weighted by Gasteiger charge is 2.10. The Balaban J connectivity index is 2.23. The quantitative estimate of drug-likeness (QED) is 0.896. The fourth-order valence-electron chi connectivity index (χ4n) is 1.87. The minimum absolute atomic E-state index is 0.209. The SMILES string of the molecule is CCc1cc(Br)ccc1NC(=O)c1cc(NC)ccn1. The van der Waals surface area contributed by atoms with Crippen molar-refractivity contribution in [2.45, 2.75) is 13.3 Å². The molecule has 0 spiro atoms. The zero-order valence-corrected chi connectivity index (χ0v) is 13.0. The molecule has 2 rings (SSSR count). The lowest BCUT2D eigenvalue weighted by molar-refractivity contribution is 0.102. The van der Waals surface area contributed by atoms with Gasteiger partial charge in [0.1, 0.15) is 5.69 Å². The molecule has 2 aromatic rings. The van der Waals surface area contributed by atoms with Crippen LogP contribution in [0, 0.1) is 0 Å². The number of rotatable bonds is 4. The lowest BCUT2D eigenvalue weighted by atomic mass is 10.1. The van der Waals surface area contributed by atoms with Gasteiger partial charge in [-0.2, -0.15) is 0 Å². The van der Waals surface area contributed by atoms with Crippen LogP contribution in [0.2, 0.25) is 0 Å². The van der Waals surface area contributed by atoms with Crippen LogP contribution in [0.5, 0.6) is 0 Å². The van der Waals surface area contributed by atoms with Crippen molar-refractivity contribution in [3.63, 3.8) is 0 Å². The number of carbonyl (C=O) groups is 1. The number of benzene rings is 1. The minimum atomic E-state index is -0.209. The van der Waals surface area contributed by atoms with Crippen LogP contribution in [-0.4, -0.2) is 17.9 Å². The number of aryl methyl sites for hydroxylation is 1. The first-order valence-corrected chi connectivity index (χ1v) is 7.17. The molecule has 5 heteroatoms. The number of nitrogens with zero attached hydrogens (tertiary/aromatic N) is 1. The highest BCUT2D eigenvalue weighted by atomic mass is 79.9. The zero-order chi connectivity index (χ0) is 14.5. The van der Waals surface area contributed by atoms with Gasteiger partial charge in [-0.15, -0.1) is 0 Å². The van der Waals surface area contributed by atoms with Gasteiger partial charge in [0.2, 0.25) is 0 Å². The number of anilines is 2. The molecule has 2 N–H and O–H groups in total. The molecule has 0 aliphatic carbocycles. The van der Waals surface area contributed by atoms with Crippen molar-refractivity contribution >= 4 is 33.2 Å². The molecule has 0 radical (unpaired) electrons. The van der Waals surface area contributed by atoms with Gasteiger partial charge in [-0.3, -0.25) is 9.78 Å². The molecule has 0 unspecified atom stereocenters. The standard InChI is InChI=1S/C15H16BrN3O/c1-3-10-8-11(16)4-5-13(10)19-15(20)14-9-12(17-2)6-7-18-14/h4-9H,3H2,1-2H3,(H,17,18)(H,19,20). The van der Waals surface area contributed by atoms with Crippen molar-refractivity contribution in [1.82, 2.24) is 4.98 Å². The second-order valence-electron chi connectivity index (χ2n) is 4.29. The van der Waals surface area contributed by atoms with E-state index in [4.69, 9.17) is 0 Å². The Labute approximate surface area is 126 Å². The number of carbonyl (C=O) groups excluding carboxylic acids is 1. The van der Waals surface area contributed by atoms with E-state index >= 15 is 0 Å². The summed E-state index contributed by atoms with van der Waals surface area (Å²) in [6.45, 7) is 2.05. The Morgan fingerprint density at radius 1 is 1.30 bits per heavy atom. The molecule has 0 saturated heterocycles. The van der Waals surface area contributed by atoms with E-state index in [0.29, 0.717) is 5.69 Å². The number of hydrogen-bond acceptors (Lipinski definition) is 3. The third-order valence-electron chi connectivity index (χ3n) is 2.98. The fraction of sp³-hybridized carbons (Fsp3) is 0.200. The molecule has 1 heterocycles. The van der Waals surface area contributed by atoms with E-state index in [0.717, 1.165) is 27.8 Å². The molecule has 104 valence electrons. The highest BCUT2D eigenvalue weighted by Crippen LogP contribution is 2.22. The average Bonchev–Trinajstić information content (AvgIpc) is 2.49. The topological polar surface area (TPSA) is 54.0 Å². The van der Waals surface area contributed by atoms with Gasteiger partial charge in [-0.25, -0.2) is 0 Å². The molecule has 0 aliphatic heterocycles. The van der Waals surface area contributed by atoms with Crippen LogP contribution in [0.3, 0.4) is 0 Å². The first-order chi connectivity index (χ1) is 9.63. The van der Waals surface area contributed by atoms with Crippen LogP contribution in [0.15, 0.2) is 41.0 Å². The predicted molar refractivity (Wildman–Crippen MR) is 85.3 cm³/mol. The third-order valence-corrected chi connectivity index (χ3v) is 3.47. The number of amides is 1. The molecule has 1 amide bonds. The molecule has 4 nitrogen and oxygen atoms in total. The molecule has 0 atom stereocenters. The van der Waals surface area contributed by atoms with Crippen LogP contribution in [0.25, 0.3) is 0 Å². The fourth-order valence-corrected chi connectivity index (χ4v) is 2.28. The van der Waals surface area contributed by atoms with Crippen molar-refractivity contribution in [2.24, 2.45) is 0 Å². The Morgan fingerprint density at radius 2 is 2.10 bits per heavy atom. The van der Waals surface area contributed by atoms with E-state index in [2.05, 4.69) is 38.5 Å². The number of nitrogens with one attached hydrogen (secondary N) is 2. The Kier molecular flexibility index (Phi) is 4.74. The van der Waals surface area contributed by atoms with E-state index in [1.807, 2.05) is 24.3 Å². The summed E-state index contributed by atoms with van der Waals surface area (Å²) in [7, 11) is 1.81. The minimum Gasteiger partial charge on any atom is -0.388 e. The summed E-state index contributed by atoms with van der Waals surface area (Å²) in [5.74, 6) is -0.209. The summed E-state index contributed by atoms with van der Waals surface area (Å²) in [5.41, 5.74) is 3.15. The van der Waals surface area contributed by atoms with E-state index in [1.54, 1.807) is 19.3 Å². The maximum absolute atomic E-state index is 12.2. The highest BCUT2D eigenvalue weighted by molar-refractivity contribution is 9.10. The molecule has 0 aliphatic rings. The van der Waals surface area contributed by atoms with E-state index < -0.39 is 0 Å². The zero-order valence-electron chi connectivity index (χ0n) is 11.4. The van der Waals surface area contributed by atoms with Gasteiger partial charge < -0.3 is 10.6 Å². The van der Waals surface area contributed by atoms with Crippen LogP contribution in [0.4, 0.5) is 11.4 Å². The van der Waals surface area contributed by atoms with E-state index in [-0.39, 0.29) is 5.91 Å². The third kappa shape index (κ3) is 3.36. The maximum Gasteiger partial charge on any atom is 0.274 e. The van der Waals surface area contributed by atoms with Crippen LogP contribution < -0.4 is 10.6 Å². The normalized spacial score (nSPS) is 10.2. The van der Waals surface area contributed by atoms with Gasteiger partial charge >= 0.3 is 0 Å². The van der Waals surface area contributed by atoms with Crippen LogP contribution >= 0.6 is 15.9 Å². The summed E-state index contributed by atoms with van der Waals surface area (Å²) in [6, 6.07) is 9.34. The van der Waals surface area contributed by atoms with Gasteiger partial charge in [-0.1, -0.05) is 22.9 Å². The summed E-state index contributed by atoms with van der Waals surface area (Å²) in [6.07, 6.45) is 2.46. The van der Waals surface area contributed by atoms with E-state index in [9.17, 15) is 4.79 Å². The smallest absolute Gasteiger partial charge is 0.274 e. The van der Waals surface area contributed by atoms with Gasteiger partial charge in [0.25, 0.3) is 5.91 Å². The number of aromatic nitrogens is 1. The molecule has 1 aromatic carbocycles. The lowest BCUT2D eigenvalue weighted by Gasteiger charge is -2.10. The van der Waals surface area contributed by atoms with E-state index in [1.165, 1.54) is 0 Å². The van der Waals surface area contributed by atoms with Crippen molar-refractivity contribution in [3.8, 4) is 0 Å². The second-order valence-corrected chi connectivity index (χ2v) is 5.20. The molecule has 20 heavy (non-hydrogen) atoms. The Morgan fingerprint density at radius 3 is 2.80 bits per heavy atom. The molecule has 0 bridgehead atoms. The number of hydrogen-bond donors (Lipinski definition) is 2. The van der Waals surface area contributed by atoms with Gasteiger partial charge in [0.15, 0.2) is 0 Å². The van der Waals surface area contributed by atoms with Gasteiger partial charge in [0, 0.05) is 29.1 Å². The summed E-state index contributed by atoms with van der Waals surface area (Å²) in [5, 5.41) is 5.90. The Bertz CT molecular complexity index is 628. The summed E-state index contributed by atoms with van der Waals surface area (Å²) >= 11 is 3.43. The largest absolute Gasteiger partial charge is 0.388 e. The van der Waals surface area contributed by atoms with Crippen molar-refractivity contribution in [3.05, 3.63) is 52.3 Å². The monoisotopic (exact) mass is 333 g/mol. The van der Waals surface area contributed by atoms with Crippen LogP contribution in [0.1, 0.15) is 23.0 Å². The van der Waals surface area contributed by atoms with Gasteiger partial charge in [-0.05, 0) is 42.3 Å². The maximum atomic E-state index is 12.2. The van der Waals surface area contributed by atoms with Crippen LogP contribution in [-0.2, 0) is 6.42 Å². The molecule has 1 aromatic heterocycles. The number of halogens is 1. The van der Waals surface area contributed by atoms with Crippen molar-refractivity contribution in [1.29, 1.82) is 0 Å². The lowest BCUT2D eigenvalue weighted by Crippen LogP contribution is -2.15.